The van der Waals surface area contributed by atoms with Gasteiger partial charge in [0.05, 0.1) is 5.56 Å². The van der Waals surface area contributed by atoms with Gasteiger partial charge in [-0.1, -0.05) is 0 Å². The fraction of sp³-hybridized carbons (Fsp3) is 0.615. The average Bonchev–Trinajstić information content (AvgIpc) is 2.38. The summed E-state index contributed by atoms with van der Waals surface area (Å²) in [5.74, 6) is 1.19. The number of carbonyl (C=O) groups is 1. The van der Waals surface area contributed by atoms with Gasteiger partial charge in [-0.15, -0.1) is 0 Å². The second-order valence-corrected chi connectivity index (χ2v) is 5.21. The van der Waals surface area contributed by atoms with Gasteiger partial charge in [0, 0.05) is 13.1 Å². The maximum Gasteiger partial charge on any atom is 0.407 e. The van der Waals surface area contributed by atoms with Crippen molar-refractivity contribution in [3.8, 4) is 5.88 Å². The molecule has 0 spiro atoms. The number of aromatic nitrogens is 2. The van der Waals surface area contributed by atoms with Crippen molar-refractivity contribution in [3.63, 3.8) is 0 Å². The van der Waals surface area contributed by atoms with E-state index in [2.05, 4.69) is 9.97 Å². The number of amides is 1. The molecule has 0 bridgehead atoms. The molecule has 0 aliphatic carbocycles. The maximum absolute atomic E-state index is 10.8. The molecule has 2 rings (SSSR count). The number of carboxylic acid groups (broad SMARTS) is 1. The van der Waals surface area contributed by atoms with Crippen molar-refractivity contribution < 1.29 is 15.0 Å². The first-order chi connectivity index (χ1) is 9.47. The minimum Gasteiger partial charge on any atom is -0.493 e. The highest BCUT2D eigenvalue weighted by Crippen LogP contribution is 2.27. The molecule has 4 N–H and O–H groups in total. The van der Waals surface area contributed by atoms with Crippen LogP contribution in [-0.4, -0.2) is 44.3 Å². The van der Waals surface area contributed by atoms with E-state index in [0.29, 0.717) is 42.6 Å². The normalized spacial score (nSPS) is 16.4. The highest BCUT2D eigenvalue weighted by atomic mass is 16.4. The first-order valence-electron chi connectivity index (χ1n) is 6.77. The number of hydrogen-bond donors (Lipinski definition) is 3. The summed E-state index contributed by atoms with van der Waals surface area (Å²) in [6, 6.07) is 0. The van der Waals surface area contributed by atoms with Crippen LogP contribution in [0.1, 0.15) is 30.7 Å². The summed E-state index contributed by atoms with van der Waals surface area (Å²) in [7, 11) is 0. The number of hydrogen-bond acceptors (Lipinski definition) is 5. The monoisotopic (exact) mass is 280 g/mol. The molecule has 0 radical (unpaired) electrons. The lowest BCUT2D eigenvalue weighted by molar-refractivity contribution is 0.123. The number of anilines is 1. The van der Waals surface area contributed by atoms with Crippen LogP contribution in [-0.2, 0) is 6.42 Å². The highest BCUT2D eigenvalue weighted by Gasteiger charge is 2.22. The van der Waals surface area contributed by atoms with Gasteiger partial charge >= 0.3 is 6.09 Å². The molecular weight excluding hydrogens is 260 g/mol. The molecule has 1 aromatic rings. The third-order valence-electron chi connectivity index (χ3n) is 3.82. The van der Waals surface area contributed by atoms with Gasteiger partial charge in [-0.25, -0.2) is 9.78 Å². The number of nitrogens with two attached hydrogens (primary N) is 1. The molecule has 0 unspecified atom stereocenters. The Hall–Kier alpha value is -2.05. The Morgan fingerprint density at radius 2 is 2.05 bits per heavy atom. The van der Waals surface area contributed by atoms with Crippen LogP contribution >= 0.6 is 0 Å². The van der Waals surface area contributed by atoms with E-state index in [-0.39, 0.29) is 5.88 Å². The summed E-state index contributed by atoms with van der Waals surface area (Å²) in [6.45, 7) is 2.83. The molecule has 7 nitrogen and oxygen atoms in total. The van der Waals surface area contributed by atoms with Gasteiger partial charge in [0.25, 0.3) is 0 Å². The number of nitrogen functional groups attached to an aromatic ring is 1. The Balaban J connectivity index is 1.89. The van der Waals surface area contributed by atoms with E-state index in [4.69, 9.17) is 10.8 Å². The summed E-state index contributed by atoms with van der Waals surface area (Å²) in [5, 5.41) is 18.7. The summed E-state index contributed by atoms with van der Waals surface area (Å²) < 4.78 is 0. The second-order valence-electron chi connectivity index (χ2n) is 5.21. The average molecular weight is 280 g/mol. The zero-order valence-corrected chi connectivity index (χ0v) is 11.5. The van der Waals surface area contributed by atoms with E-state index in [9.17, 15) is 9.90 Å². The molecule has 7 heteroatoms. The van der Waals surface area contributed by atoms with Crippen molar-refractivity contribution in [3.05, 3.63) is 11.4 Å². The van der Waals surface area contributed by atoms with Crippen LogP contribution in [0.5, 0.6) is 5.88 Å². The van der Waals surface area contributed by atoms with Crippen molar-refractivity contribution in [2.24, 2.45) is 5.92 Å². The molecule has 1 amide bonds. The Kier molecular flexibility index (Phi) is 4.26. The van der Waals surface area contributed by atoms with Gasteiger partial charge < -0.3 is 20.8 Å². The lowest BCUT2D eigenvalue weighted by atomic mass is 9.91. The molecule has 1 aliphatic rings. The number of aryl methyl sites for hydroxylation is 1. The van der Waals surface area contributed by atoms with Gasteiger partial charge in [0.2, 0.25) is 5.88 Å². The Morgan fingerprint density at radius 3 is 2.60 bits per heavy atom. The van der Waals surface area contributed by atoms with Crippen molar-refractivity contribution >= 4 is 11.9 Å². The summed E-state index contributed by atoms with van der Waals surface area (Å²) in [6.07, 6.45) is 2.32. The van der Waals surface area contributed by atoms with E-state index >= 15 is 0 Å². The lowest BCUT2D eigenvalue weighted by Gasteiger charge is -2.30. The van der Waals surface area contributed by atoms with Crippen LogP contribution < -0.4 is 5.73 Å². The van der Waals surface area contributed by atoms with Crippen LogP contribution in [0.15, 0.2) is 0 Å². The summed E-state index contributed by atoms with van der Waals surface area (Å²) >= 11 is 0. The quantitative estimate of drug-likeness (QED) is 0.771. The molecule has 0 aromatic carbocycles. The number of nitrogens with zero attached hydrogens (tertiary/aromatic N) is 3. The van der Waals surface area contributed by atoms with Gasteiger partial charge in [0.15, 0.2) is 0 Å². The number of likely N-dealkylation sites (tertiary alicyclic amines) is 1. The van der Waals surface area contributed by atoms with Crippen LogP contribution in [0.4, 0.5) is 10.6 Å². The lowest BCUT2D eigenvalue weighted by Crippen LogP contribution is -2.37. The van der Waals surface area contributed by atoms with Gasteiger partial charge in [0.1, 0.15) is 11.6 Å². The molecule has 20 heavy (non-hydrogen) atoms. The topological polar surface area (TPSA) is 113 Å². The number of aromatic hydroxyl groups is 1. The van der Waals surface area contributed by atoms with Crippen LogP contribution in [0, 0.1) is 12.8 Å². The smallest absolute Gasteiger partial charge is 0.407 e. The first-order valence-corrected chi connectivity index (χ1v) is 6.77. The molecule has 0 atom stereocenters. The zero-order valence-electron chi connectivity index (χ0n) is 11.5. The molecular formula is C13H20N4O3. The number of piperidine rings is 1. The first kappa shape index (κ1) is 14.4. The predicted molar refractivity (Wildman–Crippen MR) is 73.5 cm³/mol. The maximum atomic E-state index is 10.8. The molecule has 1 aromatic heterocycles. The summed E-state index contributed by atoms with van der Waals surface area (Å²) in [4.78, 5) is 20.2. The van der Waals surface area contributed by atoms with Crippen molar-refractivity contribution in [2.45, 2.75) is 32.6 Å². The highest BCUT2D eigenvalue weighted by molar-refractivity contribution is 5.64. The molecule has 1 saturated heterocycles. The Bertz CT molecular complexity index is 475. The largest absolute Gasteiger partial charge is 0.493 e. The van der Waals surface area contributed by atoms with E-state index in [1.165, 1.54) is 4.90 Å². The van der Waals surface area contributed by atoms with Crippen LogP contribution in [0.25, 0.3) is 0 Å². The molecule has 1 aliphatic heterocycles. The standard InChI is InChI=1S/C13H20N4O3/c1-8-15-11(14)10(12(18)16-8)3-2-9-4-6-17(7-5-9)13(19)20/h9H,2-7H2,1H3,(H,19,20)(H3,14,15,16,18). The van der Waals surface area contributed by atoms with Gasteiger partial charge in [-0.2, -0.15) is 4.98 Å². The fourth-order valence-electron chi connectivity index (χ4n) is 2.60. The fourth-order valence-corrected chi connectivity index (χ4v) is 2.60. The van der Waals surface area contributed by atoms with E-state index < -0.39 is 6.09 Å². The summed E-state index contributed by atoms with van der Waals surface area (Å²) in [5.41, 5.74) is 6.40. The minimum absolute atomic E-state index is 0.0435. The van der Waals surface area contributed by atoms with E-state index in [0.717, 1.165) is 19.3 Å². The third kappa shape index (κ3) is 3.28. The van der Waals surface area contributed by atoms with Crippen molar-refractivity contribution in [1.82, 2.24) is 14.9 Å². The van der Waals surface area contributed by atoms with E-state index in [1.807, 2.05) is 0 Å². The predicted octanol–water partition coefficient (Wildman–Crippen LogP) is 1.40. The van der Waals surface area contributed by atoms with Crippen LogP contribution in [0.3, 0.4) is 0 Å². The van der Waals surface area contributed by atoms with Crippen molar-refractivity contribution in [1.29, 1.82) is 0 Å². The zero-order chi connectivity index (χ0) is 14.7. The number of rotatable bonds is 3. The minimum atomic E-state index is -0.850. The second kappa shape index (κ2) is 5.94. The molecule has 2 heterocycles. The molecule has 0 saturated carbocycles. The Morgan fingerprint density at radius 1 is 1.40 bits per heavy atom. The Labute approximate surface area is 117 Å². The van der Waals surface area contributed by atoms with Gasteiger partial charge in [-0.05, 0) is 38.5 Å². The SMILES string of the molecule is Cc1nc(N)c(CCC2CCN(C(=O)O)CC2)c(O)n1. The molecule has 1 fully saturated rings. The molecule has 110 valence electrons. The van der Waals surface area contributed by atoms with Crippen molar-refractivity contribution in [2.75, 3.05) is 18.8 Å². The van der Waals surface area contributed by atoms with E-state index in [1.54, 1.807) is 6.92 Å². The third-order valence-corrected chi connectivity index (χ3v) is 3.82. The van der Waals surface area contributed by atoms with Crippen LogP contribution in [0.2, 0.25) is 0 Å². The van der Waals surface area contributed by atoms with Gasteiger partial charge in [-0.3, -0.25) is 0 Å².